The van der Waals surface area contributed by atoms with Gasteiger partial charge in [-0.25, -0.2) is 4.98 Å². The molecule has 1 aliphatic rings. The van der Waals surface area contributed by atoms with Crippen LogP contribution in [-0.2, 0) is 0 Å². The summed E-state index contributed by atoms with van der Waals surface area (Å²) in [6.45, 7) is 1.92. The summed E-state index contributed by atoms with van der Waals surface area (Å²) in [5, 5.41) is 4.33. The Balaban J connectivity index is 1.53. The van der Waals surface area contributed by atoms with Crippen molar-refractivity contribution in [3.05, 3.63) is 24.3 Å². The number of hydrogen-bond donors (Lipinski definition) is 1. The number of nitrogens with one attached hydrogen (secondary N) is 1. The molecule has 1 atom stereocenters. The fourth-order valence-electron chi connectivity index (χ4n) is 2.37. The molecule has 1 saturated heterocycles. The molecule has 2 aromatic rings. The van der Waals surface area contributed by atoms with Crippen molar-refractivity contribution in [1.29, 1.82) is 0 Å². The summed E-state index contributed by atoms with van der Waals surface area (Å²) in [5.41, 5.74) is 1.04. The van der Waals surface area contributed by atoms with Gasteiger partial charge >= 0.3 is 0 Å². The molecule has 3 rings (SSSR count). The van der Waals surface area contributed by atoms with Gasteiger partial charge < -0.3 is 10.1 Å². The number of thiazole rings is 1. The zero-order valence-corrected chi connectivity index (χ0v) is 11.2. The minimum Gasteiger partial charge on any atom is -0.470 e. The van der Waals surface area contributed by atoms with Gasteiger partial charge in [-0.15, -0.1) is 0 Å². The lowest BCUT2D eigenvalue weighted by Crippen LogP contribution is -2.35. The van der Waals surface area contributed by atoms with E-state index in [1.807, 2.05) is 18.2 Å². The van der Waals surface area contributed by atoms with Gasteiger partial charge in [0.1, 0.15) is 0 Å². The van der Waals surface area contributed by atoms with Crippen molar-refractivity contribution in [3.8, 4) is 5.19 Å². The van der Waals surface area contributed by atoms with E-state index >= 15 is 0 Å². The zero-order valence-electron chi connectivity index (χ0n) is 10.4. The maximum Gasteiger partial charge on any atom is 0.274 e. The molecule has 3 nitrogen and oxygen atoms in total. The van der Waals surface area contributed by atoms with Crippen LogP contribution in [0.3, 0.4) is 0 Å². The largest absolute Gasteiger partial charge is 0.470 e. The summed E-state index contributed by atoms with van der Waals surface area (Å²) < 4.78 is 6.96. The van der Waals surface area contributed by atoms with Crippen molar-refractivity contribution in [1.82, 2.24) is 10.3 Å². The number of hydrogen-bond acceptors (Lipinski definition) is 4. The van der Waals surface area contributed by atoms with E-state index in [1.165, 1.54) is 24.0 Å². The third-order valence-corrected chi connectivity index (χ3v) is 4.33. The second-order valence-electron chi connectivity index (χ2n) is 4.73. The molecule has 0 saturated carbocycles. The lowest BCUT2D eigenvalue weighted by atomic mass is 10.0. The van der Waals surface area contributed by atoms with Crippen LogP contribution in [-0.4, -0.2) is 24.2 Å². The van der Waals surface area contributed by atoms with Crippen LogP contribution in [0, 0.1) is 0 Å². The maximum atomic E-state index is 5.76. The Kier molecular flexibility index (Phi) is 3.76. The molecule has 0 unspecified atom stereocenters. The van der Waals surface area contributed by atoms with Crippen LogP contribution >= 0.6 is 11.3 Å². The van der Waals surface area contributed by atoms with Crippen molar-refractivity contribution >= 4 is 21.6 Å². The Morgan fingerprint density at radius 3 is 3.11 bits per heavy atom. The van der Waals surface area contributed by atoms with Crippen molar-refractivity contribution < 1.29 is 4.74 Å². The molecule has 96 valence electrons. The van der Waals surface area contributed by atoms with E-state index in [-0.39, 0.29) is 0 Å². The van der Waals surface area contributed by atoms with Crippen LogP contribution in [0.2, 0.25) is 0 Å². The molecule has 0 spiro atoms. The lowest BCUT2D eigenvalue weighted by Gasteiger charge is -2.22. The van der Waals surface area contributed by atoms with Gasteiger partial charge in [0.15, 0.2) is 0 Å². The Labute approximate surface area is 111 Å². The molecule has 0 aliphatic carbocycles. The van der Waals surface area contributed by atoms with E-state index < -0.39 is 0 Å². The SMILES string of the molecule is c1ccc2sc(OCC[C@H]3CCCCN3)nc2c1. The van der Waals surface area contributed by atoms with Crippen molar-refractivity contribution in [2.75, 3.05) is 13.2 Å². The molecule has 1 aromatic carbocycles. The number of ether oxygens (including phenoxy) is 1. The van der Waals surface area contributed by atoms with Crippen molar-refractivity contribution in [3.63, 3.8) is 0 Å². The number of nitrogens with zero attached hydrogens (tertiary/aromatic N) is 1. The van der Waals surface area contributed by atoms with E-state index in [0.29, 0.717) is 6.04 Å². The van der Waals surface area contributed by atoms with Crippen LogP contribution in [0.1, 0.15) is 25.7 Å². The number of benzene rings is 1. The van der Waals surface area contributed by atoms with E-state index in [9.17, 15) is 0 Å². The highest BCUT2D eigenvalue weighted by Gasteiger charge is 2.12. The van der Waals surface area contributed by atoms with E-state index in [1.54, 1.807) is 11.3 Å². The highest BCUT2D eigenvalue weighted by Crippen LogP contribution is 2.27. The first-order valence-corrected chi connectivity index (χ1v) is 7.45. The van der Waals surface area contributed by atoms with Crippen LogP contribution in [0.25, 0.3) is 10.2 Å². The maximum absolute atomic E-state index is 5.76. The number of rotatable bonds is 4. The third-order valence-electron chi connectivity index (χ3n) is 3.38. The number of fused-ring (bicyclic) bond motifs is 1. The summed E-state index contributed by atoms with van der Waals surface area (Å²) in [6, 6.07) is 8.80. The summed E-state index contributed by atoms with van der Waals surface area (Å²) >= 11 is 1.63. The molecule has 0 radical (unpaired) electrons. The fraction of sp³-hybridized carbons (Fsp3) is 0.500. The zero-order chi connectivity index (χ0) is 12.2. The molecule has 0 amide bonds. The third kappa shape index (κ3) is 2.82. The Morgan fingerprint density at radius 1 is 1.33 bits per heavy atom. The minimum absolute atomic E-state index is 0.633. The number of para-hydroxylation sites is 1. The van der Waals surface area contributed by atoms with Gasteiger partial charge in [0.2, 0.25) is 0 Å². The molecular formula is C14H18N2OS. The first-order valence-electron chi connectivity index (χ1n) is 6.63. The second kappa shape index (κ2) is 5.67. The predicted octanol–water partition coefficient (Wildman–Crippen LogP) is 3.21. The highest BCUT2D eigenvalue weighted by atomic mass is 32.1. The molecule has 4 heteroatoms. The van der Waals surface area contributed by atoms with E-state index in [2.05, 4.69) is 16.4 Å². The topological polar surface area (TPSA) is 34.1 Å². The summed E-state index contributed by atoms with van der Waals surface area (Å²) in [7, 11) is 0. The predicted molar refractivity (Wildman–Crippen MR) is 75.4 cm³/mol. The summed E-state index contributed by atoms with van der Waals surface area (Å²) in [6.07, 6.45) is 5.02. The standard InChI is InChI=1S/C14H18N2OS/c1-2-7-13-12(6-1)16-14(18-13)17-10-8-11-5-3-4-9-15-11/h1-2,6-7,11,15H,3-5,8-10H2/t11-/m1/s1. The van der Waals surface area contributed by atoms with Crippen LogP contribution < -0.4 is 10.1 Å². The van der Waals surface area contributed by atoms with Gasteiger partial charge in [-0.05, 0) is 37.9 Å². The van der Waals surface area contributed by atoms with Crippen molar-refractivity contribution in [2.45, 2.75) is 31.7 Å². The summed E-state index contributed by atoms with van der Waals surface area (Å²) in [4.78, 5) is 4.47. The minimum atomic E-state index is 0.633. The molecule has 18 heavy (non-hydrogen) atoms. The molecule has 1 aromatic heterocycles. The Morgan fingerprint density at radius 2 is 2.28 bits per heavy atom. The normalized spacial score (nSPS) is 20.1. The molecule has 1 aliphatic heterocycles. The molecule has 0 bridgehead atoms. The average molecular weight is 262 g/mol. The smallest absolute Gasteiger partial charge is 0.274 e. The Hall–Kier alpha value is -1.13. The van der Waals surface area contributed by atoms with Crippen molar-refractivity contribution in [2.24, 2.45) is 0 Å². The molecule has 1 fully saturated rings. The average Bonchev–Trinajstić information content (AvgIpc) is 2.82. The first-order chi connectivity index (χ1) is 8.92. The fourth-order valence-corrected chi connectivity index (χ4v) is 3.21. The van der Waals surface area contributed by atoms with E-state index in [0.717, 1.165) is 30.3 Å². The number of aromatic nitrogens is 1. The molecule has 2 heterocycles. The monoisotopic (exact) mass is 262 g/mol. The van der Waals surface area contributed by atoms with Gasteiger partial charge in [0.05, 0.1) is 16.8 Å². The van der Waals surface area contributed by atoms with Crippen LogP contribution in [0.5, 0.6) is 5.19 Å². The van der Waals surface area contributed by atoms with Gasteiger partial charge in [-0.3, -0.25) is 0 Å². The van der Waals surface area contributed by atoms with Gasteiger partial charge in [0, 0.05) is 6.04 Å². The van der Waals surface area contributed by atoms with Crippen LogP contribution in [0.15, 0.2) is 24.3 Å². The first kappa shape index (κ1) is 11.9. The van der Waals surface area contributed by atoms with Gasteiger partial charge in [-0.1, -0.05) is 29.9 Å². The number of piperidine rings is 1. The summed E-state index contributed by atoms with van der Waals surface area (Å²) in [5.74, 6) is 0. The quantitative estimate of drug-likeness (QED) is 0.918. The highest BCUT2D eigenvalue weighted by molar-refractivity contribution is 7.20. The lowest BCUT2D eigenvalue weighted by molar-refractivity contribution is 0.267. The Bertz CT molecular complexity index is 472. The van der Waals surface area contributed by atoms with Crippen LogP contribution in [0.4, 0.5) is 0 Å². The van der Waals surface area contributed by atoms with E-state index in [4.69, 9.17) is 4.74 Å². The molecule has 1 N–H and O–H groups in total. The van der Waals surface area contributed by atoms with Gasteiger partial charge in [-0.2, -0.15) is 0 Å². The molecular weight excluding hydrogens is 244 g/mol. The van der Waals surface area contributed by atoms with Gasteiger partial charge in [0.25, 0.3) is 5.19 Å². The second-order valence-corrected chi connectivity index (χ2v) is 5.72.